The zero-order valence-electron chi connectivity index (χ0n) is 6.96. The summed E-state index contributed by atoms with van der Waals surface area (Å²) in [7, 11) is 0. The number of nitrogens with one attached hydrogen (secondary N) is 1. The van der Waals surface area contributed by atoms with Crippen LogP contribution in [-0.2, 0) is 6.42 Å². The Kier molecular flexibility index (Phi) is 2.66. The number of thiazole rings is 1. The Morgan fingerprint density at radius 3 is 3.15 bits per heavy atom. The lowest BCUT2D eigenvalue weighted by atomic mass is 10.3. The van der Waals surface area contributed by atoms with Crippen molar-refractivity contribution < 1.29 is 0 Å². The van der Waals surface area contributed by atoms with Crippen molar-refractivity contribution >= 4 is 22.9 Å². The van der Waals surface area contributed by atoms with Gasteiger partial charge in [-0.3, -0.25) is 0 Å². The molecule has 2 aromatic heterocycles. The number of nitrogens with zero attached hydrogens (tertiary/aromatic N) is 1. The summed E-state index contributed by atoms with van der Waals surface area (Å²) in [4.78, 5) is 7.47. The molecule has 0 unspecified atom stereocenters. The second-order valence-electron chi connectivity index (χ2n) is 2.68. The number of hydrogen-bond acceptors (Lipinski definition) is 2. The van der Waals surface area contributed by atoms with Crippen LogP contribution in [0, 0.1) is 0 Å². The van der Waals surface area contributed by atoms with Crippen LogP contribution < -0.4 is 0 Å². The standard InChI is InChI=1S/C9H9ClN2S/c10-3-1-8-6-13-9(12-8)7-2-4-11-5-7/h2,4-6,11H,1,3H2. The van der Waals surface area contributed by atoms with Gasteiger partial charge < -0.3 is 4.98 Å². The van der Waals surface area contributed by atoms with Crippen LogP contribution >= 0.6 is 22.9 Å². The number of rotatable bonds is 3. The fourth-order valence-electron chi connectivity index (χ4n) is 1.11. The van der Waals surface area contributed by atoms with E-state index in [0.29, 0.717) is 5.88 Å². The number of H-pyrrole nitrogens is 1. The molecule has 13 heavy (non-hydrogen) atoms. The maximum absolute atomic E-state index is 5.63. The summed E-state index contributed by atoms with van der Waals surface area (Å²) in [5, 5.41) is 3.12. The molecular weight excluding hydrogens is 204 g/mol. The monoisotopic (exact) mass is 212 g/mol. The zero-order valence-corrected chi connectivity index (χ0v) is 8.53. The van der Waals surface area contributed by atoms with Crippen LogP contribution in [-0.4, -0.2) is 15.8 Å². The van der Waals surface area contributed by atoms with Crippen LogP contribution in [0.25, 0.3) is 10.6 Å². The lowest BCUT2D eigenvalue weighted by Crippen LogP contribution is -1.85. The quantitative estimate of drug-likeness (QED) is 0.779. The van der Waals surface area contributed by atoms with Crippen LogP contribution in [0.15, 0.2) is 23.8 Å². The Labute approximate surface area is 85.6 Å². The highest BCUT2D eigenvalue weighted by molar-refractivity contribution is 7.13. The normalized spacial score (nSPS) is 10.5. The highest BCUT2D eigenvalue weighted by atomic mass is 35.5. The maximum Gasteiger partial charge on any atom is 0.125 e. The third kappa shape index (κ3) is 1.92. The third-order valence-electron chi connectivity index (χ3n) is 1.75. The van der Waals surface area contributed by atoms with Gasteiger partial charge in [-0.25, -0.2) is 4.98 Å². The molecule has 0 fully saturated rings. The molecule has 2 heterocycles. The minimum atomic E-state index is 0.635. The minimum Gasteiger partial charge on any atom is -0.367 e. The van der Waals surface area contributed by atoms with Crippen molar-refractivity contribution in [2.75, 3.05) is 5.88 Å². The number of halogens is 1. The smallest absolute Gasteiger partial charge is 0.125 e. The van der Waals surface area contributed by atoms with E-state index in [1.165, 1.54) is 0 Å². The van der Waals surface area contributed by atoms with Gasteiger partial charge in [-0.2, -0.15) is 0 Å². The Hall–Kier alpha value is -0.800. The van der Waals surface area contributed by atoms with E-state index < -0.39 is 0 Å². The summed E-state index contributed by atoms with van der Waals surface area (Å²) >= 11 is 7.29. The Morgan fingerprint density at radius 1 is 1.54 bits per heavy atom. The maximum atomic E-state index is 5.63. The van der Waals surface area contributed by atoms with Gasteiger partial charge in [0.1, 0.15) is 5.01 Å². The molecule has 1 N–H and O–H groups in total. The SMILES string of the molecule is ClCCc1csc(-c2cc[nH]c2)n1. The van der Waals surface area contributed by atoms with Crippen molar-refractivity contribution in [3.63, 3.8) is 0 Å². The number of aryl methyl sites for hydroxylation is 1. The van der Waals surface area contributed by atoms with E-state index in [9.17, 15) is 0 Å². The average Bonchev–Trinajstić information content (AvgIpc) is 2.70. The van der Waals surface area contributed by atoms with Crippen molar-refractivity contribution in [2.45, 2.75) is 6.42 Å². The molecule has 0 bridgehead atoms. The summed E-state index contributed by atoms with van der Waals surface area (Å²) in [5.74, 6) is 0.635. The molecule has 2 rings (SSSR count). The van der Waals surface area contributed by atoms with Crippen LogP contribution in [0.3, 0.4) is 0 Å². The zero-order chi connectivity index (χ0) is 9.10. The topological polar surface area (TPSA) is 28.7 Å². The van der Waals surface area contributed by atoms with E-state index in [0.717, 1.165) is 22.7 Å². The first kappa shape index (κ1) is 8.78. The van der Waals surface area contributed by atoms with E-state index in [1.54, 1.807) is 11.3 Å². The molecule has 0 atom stereocenters. The van der Waals surface area contributed by atoms with Gasteiger partial charge in [-0.1, -0.05) is 0 Å². The van der Waals surface area contributed by atoms with Crippen molar-refractivity contribution in [3.05, 3.63) is 29.5 Å². The van der Waals surface area contributed by atoms with E-state index in [2.05, 4.69) is 15.3 Å². The molecule has 0 spiro atoms. The van der Waals surface area contributed by atoms with E-state index >= 15 is 0 Å². The number of aromatic nitrogens is 2. The fourth-order valence-corrected chi connectivity index (χ4v) is 2.15. The number of alkyl halides is 1. The van der Waals surface area contributed by atoms with Gasteiger partial charge in [0.25, 0.3) is 0 Å². The Bertz CT molecular complexity index is 367. The number of aromatic amines is 1. The summed E-state index contributed by atoms with van der Waals surface area (Å²) in [6.45, 7) is 0. The predicted octanol–water partition coefficient (Wildman–Crippen LogP) is 2.92. The minimum absolute atomic E-state index is 0.635. The molecule has 0 aromatic carbocycles. The molecule has 0 aliphatic rings. The van der Waals surface area contributed by atoms with Crippen molar-refractivity contribution in [2.24, 2.45) is 0 Å². The molecule has 2 aromatic rings. The van der Waals surface area contributed by atoms with Gasteiger partial charge >= 0.3 is 0 Å². The second kappa shape index (κ2) is 3.94. The second-order valence-corrected chi connectivity index (χ2v) is 3.92. The predicted molar refractivity (Wildman–Crippen MR) is 56.3 cm³/mol. The van der Waals surface area contributed by atoms with Crippen LogP contribution in [0.2, 0.25) is 0 Å². The lowest BCUT2D eigenvalue weighted by molar-refractivity contribution is 1.07. The van der Waals surface area contributed by atoms with Crippen molar-refractivity contribution in [1.29, 1.82) is 0 Å². The average molecular weight is 213 g/mol. The largest absolute Gasteiger partial charge is 0.367 e. The lowest BCUT2D eigenvalue weighted by Gasteiger charge is -1.88. The van der Waals surface area contributed by atoms with E-state index in [1.807, 2.05) is 18.5 Å². The van der Waals surface area contributed by atoms with Gasteiger partial charge in [0, 0.05) is 35.6 Å². The molecule has 0 saturated heterocycles. The molecule has 0 aliphatic carbocycles. The van der Waals surface area contributed by atoms with Gasteiger partial charge in [0.15, 0.2) is 0 Å². The summed E-state index contributed by atoms with van der Waals surface area (Å²) in [6.07, 6.45) is 4.70. The first-order valence-corrected chi connectivity index (χ1v) is 5.45. The highest BCUT2D eigenvalue weighted by Gasteiger charge is 2.03. The van der Waals surface area contributed by atoms with E-state index in [-0.39, 0.29) is 0 Å². The molecule has 68 valence electrons. The fraction of sp³-hybridized carbons (Fsp3) is 0.222. The molecule has 0 aliphatic heterocycles. The molecule has 0 radical (unpaired) electrons. The molecule has 0 saturated carbocycles. The Balaban J connectivity index is 2.23. The highest BCUT2D eigenvalue weighted by Crippen LogP contribution is 2.23. The van der Waals surface area contributed by atoms with Crippen LogP contribution in [0.5, 0.6) is 0 Å². The molecule has 2 nitrogen and oxygen atoms in total. The number of hydrogen-bond donors (Lipinski definition) is 1. The first-order chi connectivity index (χ1) is 6.40. The van der Waals surface area contributed by atoms with Crippen molar-refractivity contribution in [1.82, 2.24) is 9.97 Å². The van der Waals surface area contributed by atoms with Crippen LogP contribution in [0.1, 0.15) is 5.69 Å². The molecular formula is C9H9ClN2S. The summed E-state index contributed by atoms with van der Waals surface area (Å²) in [6, 6.07) is 2.02. The third-order valence-corrected chi connectivity index (χ3v) is 2.88. The van der Waals surface area contributed by atoms with Gasteiger partial charge in [-0.05, 0) is 6.07 Å². The van der Waals surface area contributed by atoms with Gasteiger partial charge in [0.05, 0.1) is 5.69 Å². The molecule has 4 heteroatoms. The summed E-state index contributed by atoms with van der Waals surface area (Å²) in [5.41, 5.74) is 2.22. The summed E-state index contributed by atoms with van der Waals surface area (Å²) < 4.78 is 0. The molecule has 0 amide bonds. The van der Waals surface area contributed by atoms with Gasteiger partial charge in [-0.15, -0.1) is 22.9 Å². The Morgan fingerprint density at radius 2 is 2.46 bits per heavy atom. The van der Waals surface area contributed by atoms with Crippen LogP contribution in [0.4, 0.5) is 0 Å². The van der Waals surface area contributed by atoms with E-state index in [4.69, 9.17) is 11.6 Å². The van der Waals surface area contributed by atoms with Gasteiger partial charge in [0.2, 0.25) is 0 Å². The first-order valence-electron chi connectivity index (χ1n) is 4.03. The van der Waals surface area contributed by atoms with Crippen molar-refractivity contribution in [3.8, 4) is 10.6 Å².